The van der Waals surface area contributed by atoms with Gasteiger partial charge in [0.2, 0.25) is 15.9 Å². The van der Waals surface area contributed by atoms with Crippen LogP contribution in [0.5, 0.6) is 0 Å². The van der Waals surface area contributed by atoms with Gasteiger partial charge in [0.25, 0.3) is 0 Å². The van der Waals surface area contributed by atoms with Crippen molar-refractivity contribution in [1.29, 1.82) is 0 Å². The molecule has 1 aliphatic heterocycles. The van der Waals surface area contributed by atoms with E-state index in [2.05, 4.69) is 23.9 Å². The van der Waals surface area contributed by atoms with Crippen LogP contribution < -0.4 is 5.32 Å². The monoisotopic (exact) mass is 424 g/mol. The van der Waals surface area contributed by atoms with Crippen LogP contribution in [0.15, 0.2) is 17.0 Å². The largest absolute Gasteiger partial charge is 0.468 e. The maximum atomic E-state index is 13.5. The minimum atomic E-state index is -3.84. The van der Waals surface area contributed by atoms with E-state index in [-0.39, 0.29) is 30.8 Å². The number of nitrogens with zero attached hydrogens (tertiary/aromatic N) is 1. The van der Waals surface area contributed by atoms with Gasteiger partial charge in [-0.1, -0.05) is 53.7 Å². The predicted octanol–water partition coefficient (Wildman–Crippen LogP) is 2.72. The standard InChI is InChI=1S/C21H32N2O5S/c1-12(2)15-8-16(13(3)4)20(17(9-15)14(5)6)29(26,27)23-11-18(23)21(25)22-10-19(24)28-7/h8-9,12-14,18H,10-11H2,1-7H3,(H,22,25). The summed E-state index contributed by atoms with van der Waals surface area (Å²) in [5.41, 5.74) is 2.66. The van der Waals surface area contributed by atoms with Gasteiger partial charge in [-0.15, -0.1) is 0 Å². The van der Waals surface area contributed by atoms with Crippen molar-refractivity contribution in [2.45, 2.75) is 70.2 Å². The number of nitrogens with one attached hydrogen (secondary N) is 1. The number of ether oxygens (including phenoxy) is 1. The molecule has 0 radical (unpaired) electrons. The summed E-state index contributed by atoms with van der Waals surface area (Å²) < 4.78 is 32.7. The van der Waals surface area contributed by atoms with Gasteiger partial charge in [0.1, 0.15) is 12.6 Å². The van der Waals surface area contributed by atoms with Crippen LogP contribution in [0.25, 0.3) is 0 Å². The molecule has 1 aromatic rings. The van der Waals surface area contributed by atoms with Gasteiger partial charge in [0.05, 0.1) is 12.0 Å². The number of amides is 1. The highest BCUT2D eigenvalue weighted by Gasteiger charge is 2.50. The van der Waals surface area contributed by atoms with Gasteiger partial charge >= 0.3 is 5.97 Å². The highest BCUT2D eigenvalue weighted by atomic mass is 32.2. The molecule has 1 heterocycles. The molecule has 0 spiro atoms. The first kappa shape index (κ1) is 23.3. The third-order valence-electron chi connectivity index (χ3n) is 5.15. The average molecular weight is 425 g/mol. The Bertz CT molecular complexity index is 861. The predicted molar refractivity (Wildman–Crippen MR) is 111 cm³/mol. The van der Waals surface area contributed by atoms with E-state index in [1.807, 2.05) is 39.8 Å². The number of carbonyl (C=O) groups excluding carboxylic acids is 2. The number of esters is 1. The summed E-state index contributed by atoms with van der Waals surface area (Å²) in [6, 6.07) is 3.16. The van der Waals surface area contributed by atoms with Crippen molar-refractivity contribution in [2.75, 3.05) is 20.2 Å². The molecule has 162 valence electrons. The molecule has 1 amide bonds. The Hall–Kier alpha value is -1.93. The lowest BCUT2D eigenvalue weighted by Gasteiger charge is -2.23. The van der Waals surface area contributed by atoms with Gasteiger partial charge in [-0.25, -0.2) is 8.42 Å². The van der Waals surface area contributed by atoms with E-state index in [1.165, 1.54) is 11.4 Å². The van der Waals surface area contributed by atoms with Crippen molar-refractivity contribution < 1.29 is 22.7 Å². The zero-order valence-electron chi connectivity index (χ0n) is 18.3. The first-order valence-electron chi connectivity index (χ1n) is 9.95. The van der Waals surface area contributed by atoms with E-state index in [4.69, 9.17) is 0 Å². The van der Waals surface area contributed by atoms with E-state index >= 15 is 0 Å². The van der Waals surface area contributed by atoms with Gasteiger partial charge < -0.3 is 10.1 Å². The smallest absolute Gasteiger partial charge is 0.325 e. The zero-order chi connectivity index (χ0) is 22.1. The van der Waals surface area contributed by atoms with Crippen molar-refractivity contribution >= 4 is 21.9 Å². The van der Waals surface area contributed by atoms with E-state index in [9.17, 15) is 18.0 Å². The first-order chi connectivity index (χ1) is 13.4. The number of rotatable bonds is 8. The molecule has 1 fully saturated rings. The molecule has 0 aliphatic carbocycles. The second-order valence-corrected chi connectivity index (χ2v) is 10.2. The topological polar surface area (TPSA) is 92.5 Å². The number of methoxy groups -OCH3 is 1. The zero-order valence-corrected chi connectivity index (χ0v) is 19.1. The molecule has 2 atom stereocenters. The van der Waals surface area contributed by atoms with E-state index in [1.54, 1.807) is 0 Å². The summed E-state index contributed by atoms with van der Waals surface area (Å²) >= 11 is 0. The normalized spacial score (nSPS) is 19.0. The molecule has 2 rings (SSSR count). The van der Waals surface area contributed by atoms with Gasteiger partial charge in [-0.05, 0) is 34.4 Å². The number of benzene rings is 1. The Labute approximate surface area is 173 Å². The molecule has 7 nitrogen and oxygen atoms in total. The van der Waals surface area contributed by atoms with Crippen LogP contribution >= 0.6 is 0 Å². The molecule has 0 saturated carbocycles. The van der Waals surface area contributed by atoms with Crippen LogP contribution in [0.2, 0.25) is 0 Å². The van der Waals surface area contributed by atoms with Crippen molar-refractivity contribution in [3.05, 3.63) is 28.8 Å². The molecule has 1 aromatic carbocycles. The Morgan fingerprint density at radius 2 is 1.59 bits per heavy atom. The number of carbonyl (C=O) groups is 2. The van der Waals surface area contributed by atoms with E-state index in [0.29, 0.717) is 4.90 Å². The van der Waals surface area contributed by atoms with Gasteiger partial charge in [-0.3, -0.25) is 9.59 Å². The molecule has 8 heteroatoms. The fraction of sp³-hybridized carbons (Fsp3) is 0.619. The first-order valence-corrected chi connectivity index (χ1v) is 11.4. The molecular formula is C21H32N2O5S. The van der Waals surface area contributed by atoms with E-state index in [0.717, 1.165) is 16.7 Å². The lowest BCUT2D eigenvalue weighted by Crippen LogP contribution is -2.35. The molecule has 0 bridgehead atoms. The molecular weight excluding hydrogens is 392 g/mol. The molecule has 29 heavy (non-hydrogen) atoms. The maximum absolute atomic E-state index is 13.5. The Kier molecular flexibility index (Phi) is 7.11. The highest BCUT2D eigenvalue weighted by Crippen LogP contribution is 2.39. The second-order valence-electron chi connectivity index (χ2n) is 8.38. The van der Waals surface area contributed by atoms with Gasteiger partial charge in [0, 0.05) is 6.54 Å². The molecule has 0 aromatic heterocycles. The fourth-order valence-electron chi connectivity index (χ4n) is 3.26. The van der Waals surface area contributed by atoms with Crippen molar-refractivity contribution in [1.82, 2.24) is 9.62 Å². The van der Waals surface area contributed by atoms with Crippen LogP contribution in [0.4, 0.5) is 0 Å². The van der Waals surface area contributed by atoms with Crippen LogP contribution in [-0.4, -0.2) is 50.8 Å². The molecule has 1 N–H and O–H groups in total. The van der Waals surface area contributed by atoms with Gasteiger partial charge in [0.15, 0.2) is 0 Å². The van der Waals surface area contributed by atoms with Crippen molar-refractivity contribution in [3.63, 3.8) is 0 Å². The SMILES string of the molecule is COC(=O)CNC(=O)C1CN1S(=O)(=O)c1c(C(C)C)cc(C(C)C)cc1C(C)C. The minimum absolute atomic E-state index is 0.0162. The minimum Gasteiger partial charge on any atom is -0.468 e. The average Bonchev–Trinajstić information content (AvgIpc) is 3.46. The molecule has 1 aliphatic rings. The third-order valence-corrected chi connectivity index (χ3v) is 7.16. The van der Waals surface area contributed by atoms with Crippen LogP contribution in [0, 0.1) is 0 Å². The number of sulfonamides is 1. The van der Waals surface area contributed by atoms with Crippen LogP contribution in [-0.2, 0) is 24.3 Å². The molecule has 1 saturated heterocycles. The summed E-state index contributed by atoms with van der Waals surface area (Å²) in [4.78, 5) is 23.8. The number of hydrogen-bond donors (Lipinski definition) is 1. The van der Waals surface area contributed by atoms with Crippen LogP contribution in [0.3, 0.4) is 0 Å². The Morgan fingerprint density at radius 3 is 2.00 bits per heavy atom. The Balaban J connectivity index is 2.42. The second kappa shape index (κ2) is 8.83. The summed E-state index contributed by atoms with van der Waals surface area (Å²) in [5, 5.41) is 2.43. The quantitative estimate of drug-likeness (QED) is 0.512. The summed E-state index contributed by atoms with van der Waals surface area (Å²) in [7, 11) is -2.62. The van der Waals surface area contributed by atoms with Crippen molar-refractivity contribution in [2.24, 2.45) is 0 Å². The maximum Gasteiger partial charge on any atom is 0.325 e. The third kappa shape index (κ3) is 4.98. The summed E-state index contributed by atoms with van der Waals surface area (Å²) in [5.74, 6) is -0.762. The Morgan fingerprint density at radius 1 is 1.07 bits per heavy atom. The van der Waals surface area contributed by atoms with Crippen LogP contribution in [0.1, 0.15) is 76.0 Å². The number of hydrogen-bond acceptors (Lipinski definition) is 5. The molecule has 2 unspecified atom stereocenters. The lowest BCUT2D eigenvalue weighted by atomic mass is 9.89. The van der Waals surface area contributed by atoms with Crippen molar-refractivity contribution in [3.8, 4) is 0 Å². The summed E-state index contributed by atoms with van der Waals surface area (Å²) in [6.07, 6.45) is 0. The van der Waals surface area contributed by atoms with E-state index < -0.39 is 27.9 Å². The summed E-state index contributed by atoms with van der Waals surface area (Å²) in [6.45, 7) is 11.9. The lowest BCUT2D eigenvalue weighted by molar-refractivity contribution is -0.141. The highest BCUT2D eigenvalue weighted by molar-refractivity contribution is 7.89. The fourth-order valence-corrected chi connectivity index (χ4v) is 5.44. The van der Waals surface area contributed by atoms with Gasteiger partial charge in [-0.2, -0.15) is 4.31 Å².